The van der Waals surface area contributed by atoms with Crippen LogP contribution in [0.4, 0.5) is 23.0 Å². The van der Waals surface area contributed by atoms with Crippen molar-refractivity contribution in [1.82, 2.24) is 9.97 Å². The van der Waals surface area contributed by atoms with Gasteiger partial charge < -0.3 is 29.8 Å². The van der Waals surface area contributed by atoms with Gasteiger partial charge in [0.15, 0.2) is 5.82 Å². The van der Waals surface area contributed by atoms with Crippen molar-refractivity contribution in [3.63, 3.8) is 0 Å². The van der Waals surface area contributed by atoms with Crippen molar-refractivity contribution < 1.29 is 4.79 Å². The molecule has 2 aromatic heterocycles. The van der Waals surface area contributed by atoms with Crippen molar-refractivity contribution in [2.24, 2.45) is 0 Å². The molecule has 1 atom stereocenters. The Balaban J connectivity index is 1.37. The number of hydrogen-bond acceptors (Lipinski definition) is 6. The predicted octanol–water partition coefficient (Wildman–Crippen LogP) is 3.49. The molecule has 4 heterocycles. The van der Waals surface area contributed by atoms with E-state index >= 15 is 0 Å². The number of nitrogens with one attached hydrogen (secondary N) is 2. The van der Waals surface area contributed by atoms with Crippen LogP contribution in [0.3, 0.4) is 0 Å². The van der Waals surface area contributed by atoms with Crippen LogP contribution in [-0.2, 0) is 4.79 Å². The molecule has 7 nitrogen and oxygen atoms in total. The highest BCUT2D eigenvalue weighted by Gasteiger charge is 2.29. The third-order valence-electron chi connectivity index (χ3n) is 6.40. The number of piperazine rings is 1. The number of rotatable bonds is 6. The fourth-order valence-corrected chi connectivity index (χ4v) is 4.82. The summed E-state index contributed by atoms with van der Waals surface area (Å²) in [6.07, 6.45) is 5.41. The standard InChI is InChI=1S/C24H30N6O/c1-2-25-21-6-5-9-26-24(21)29-12-13-30(20(16-29)17-31)23-14-18-7-8-19(15-22(18)27-23)28-10-3-4-11-28/h5-9,14-15,17,20,25,27H,2-4,10-13,16H2,1H3. The number of carbonyl (C=O) groups excluding carboxylic acids is 1. The van der Waals surface area contributed by atoms with Gasteiger partial charge in [-0.2, -0.15) is 0 Å². The van der Waals surface area contributed by atoms with Crippen LogP contribution >= 0.6 is 0 Å². The van der Waals surface area contributed by atoms with Crippen LogP contribution in [0.25, 0.3) is 10.9 Å². The number of benzene rings is 1. The number of hydrogen-bond donors (Lipinski definition) is 2. The second-order valence-corrected chi connectivity index (χ2v) is 8.37. The van der Waals surface area contributed by atoms with Gasteiger partial charge in [-0.15, -0.1) is 0 Å². The minimum Gasteiger partial charge on any atom is -0.382 e. The van der Waals surface area contributed by atoms with Gasteiger partial charge in [-0.25, -0.2) is 4.98 Å². The molecule has 0 saturated carbocycles. The summed E-state index contributed by atoms with van der Waals surface area (Å²) in [5, 5.41) is 4.56. The molecule has 2 N–H and O–H groups in total. The van der Waals surface area contributed by atoms with E-state index in [1.54, 1.807) is 0 Å². The number of aromatic amines is 1. The molecule has 0 amide bonds. The lowest BCUT2D eigenvalue weighted by atomic mass is 10.1. The highest BCUT2D eigenvalue weighted by Crippen LogP contribution is 2.31. The van der Waals surface area contributed by atoms with E-state index < -0.39 is 0 Å². The maximum Gasteiger partial charge on any atom is 0.152 e. The summed E-state index contributed by atoms with van der Waals surface area (Å²) in [5.74, 6) is 1.93. The molecule has 31 heavy (non-hydrogen) atoms. The van der Waals surface area contributed by atoms with E-state index in [1.165, 1.54) is 23.9 Å². The molecule has 7 heteroatoms. The number of anilines is 4. The van der Waals surface area contributed by atoms with Crippen molar-refractivity contribution in [2.45, 2.75) is 25.8 Å². The quantitative estimate of drug-likeness (QED) is 0.598. The van der Waals surface area contributed by atoms with Gasteiger partial charge >= 0.3 is 0 Å². The highest BCUT2D eigenvalue weighted by atomic mass is 16.1. The molecule has 0 spiro atoms. The monoisotopic (exact) mass is 418 g/mol. The van der Waals surface area contributed by atoms with Gasteiger partial charge in [0, 0.05) is 62.1 Å². The zero-order valence-corrected chi connectivity index (χ0v) is 18.1. The van der Waals surface area contributed by atoms with Crippen LogP contribution in [-0.4, -0.2) is 61.6 Å². The topological polar surface area (TPSA) is 67.5 Å². The van der Waals surface area contributed by atoms with E-state index in [1.807, 2.05) is 18.3 Å². The minimum atomic E-state index is -0.226. The van der Waals surface area contributed by atoms with Crippen LogP contribution in [0.5, 0.6) is 0 Å². The smallest absolute Gasteiger partial charge is 0.152 e. The fraction of sp³-hybridized carbons (Fsp3) is 0.417. The van der Waals surface area contributed by atoms with Crippen molar-refractivity contribution in [2.75, 3.05) is 59.3 Å². The molecule has 0 aliphatic carbocycles. The van der Waals surface area contributed by atoms with Gasteiger partial charge in [0.2, 0.25) is 0 Å². The first-order valence-corrected chi connectivity index (χ1v) is 11.3. The van der Waals surface area contributed by atoms with E-state index in [2.05, 4.69) is 61.2 Å². The Hall–Kier alpha value is -3.22. The summed E-state index contributed by atoms with van der Waals surface area (Å²) in [5.41, 5.74) is 3.43. The van der Waals surface area contributed by atoms with Crippen LogP contribution in [0, 0.1) is 0 Å². The molecule has 2 aliphatic heterocycles. The zero-order chi connectivity index (χ0) is 21.2. The Morgan fingerprint density at radius 2 is 2.00 bits per heavy atom. The molecule has 2 fully saturated rings. The van der Waals surface area contributed by atoms with Gasteiger partial charge in [0.05, 0.1) is 5.69 Å². The van der Waals surface area contributed by atoms with Gasteiger partial charge in [-0.05, 0) is 50.1 Å². The normalized spacial score (nSPS) is 19.3. The van der Waals surface area contributed by atoms with Gasteiger partial charge in [0.1, 0.15) is 18.1 Å². The number of H-pyrrole nitrogens is 1. The Labute approximate surface area is 183 Å². The summed E-state index contributed by atoms with van der Waals surface area (Å²) >= 11 is 0. The first-order valence-electron chi connectivity index (χ1n) is 11.3. The van der Waals surface area contributed by atoms with Crippen LogP contribution in [0.2, 0.25) is 0 Å². The SMILES string of the molecule is CCNc1cccnc1N1CCN(c2cc3ccc(N4CCCC4)cc3[nH]2)C(C=O)C1. The lowest BCUT2D eigenvalue weighted by molar-refractivity contribution is -0.109. The fourth-order valence-electron chi connectivity index (χ4n) is 4.82. The molecular weight excluding hydrogens is 388 g/mol. The maximum absolute atomic E-state index is 12.0. The molecule has 1 unspecified atom stereocenters. The van der Waals surface area contributed by atoms with Crippen LogP contribution in [0.1, 0.15) is 19.8 Å². The molecule has 0 bridgehead atoms. The molecule has 1 aromatic carbocycles. The summed E-state index contributed by atoms with van der Waals surface area (Å²) < 4.78 is 0. The molecular formula is C24H30N6O. The van der Waals surface area contributed by atoms with E-state index in [4.69, 9.17) is 0 Å². The van der Waals surface area contributed by atoms with Crippen molar-refractivity contribution in [3.8, 4) is 0 Å². The second-order valence-electron chi connectivity index (χ2n) is 8.37. The van der Waals surface area contributed by atoms with E-state index in [0.717, 1.165) is 61.8 Å². The van der Waals surface area contributed by atoms with Crippen LogP contribution < -0.4 is 20.0 Å². The number of carbonyl (C=O) groups is 1. The first kappa shape index (κ1) is 19.7. The largest absolute Gasteiger partial charge is 0.382 e. The predicted molar refractivity (Wildman–Crippen MR) is 128 cm³/mol. The van der Waals surface area contributed by atoms with E-state index in [-0.39, 0.29) is 6.04 Å². The summed E-state index contributed by atoms with van der Waals surface area (Å²) in [6, 6.07) is 12.6. The minimum absolute atomic E-state index is 0.226. The first-order chi connectivity index (χ1) is 15.3. The summed E-state index contributed by atoms with van der Waals surface area (Å²) in [7, 11) is 0. The van der Waals surface area contributed by atoms with Gasteiger partial charge in [0.25, 0.3) is 0 Å². The Morgan fingerprint density at radius 3 is 2.81 bits per heavy atom. The number of fused-ring (bicyclic) bond motifs is 1. The number of aldehydes is 1. The Kier molecular flexibility index (Phi) is 5.40. The Bertz CT molecular complexity index is 1060. The molecule has 0 radical (unpaired) electrons. The highest BCUT2D eigenvalue weighted by molar-refractivity contribution is 5.88. The Morgan fingerprint density at radius 1 is 1.13 bits per heavy atom. The average molecular weight is 419 g/mol. The zero-order valence-electron chi connectivity index (χ0n) is 18.1. The maximum atomic E-state index is 12.0. The molecule has 2 aliphatic rings. The van der Waals surface area contributed by atoms with Crippen molar-refractivity contribution in [1.29, 1.82) is 0 Å². The van der Waals surface area contributed by atoms with Crippen molar-refractivity contribution >= 4 is 40.2 Å². The third kappa shape index (κ3) is 3.80. The lowest BCUT2D eigenvalue weighted by Gasteiger charge is -2.40. The van der Waals surface area contributed by atoms with Gasteiger partial charge in [-0.3, -0.25) is 0 Å². The molecule has 2 saturated heterocycles. The van der Waals surface area contributed by atoms with E-state index in [0.29, 0.717) is 6.54 Å². The van der Waals surface area contributed by atoms with Crippen LogP contribution in [0.15, 0.2) is 42.6 Å². The second kappa shape index (κ2) is 8.49. The molecule has 5 rings (SSSR count). The third-order valence-corrected chi connectivity index (χ3v) is 6.40. The molecule has 3 aromatic rings. The number of pyridine rings is 1. The average Bonchev–Trinajstić information content (AvgIpc) is 3.49. The molecule has 162 valence electrons. The number of nitrogens with zero attached hydrogens (tertiary/aromatic N) is 4. The lowest BCUT2D eigenvalue weighted by Crippen LogP contribution is -2.54. The van der Waals surface area contributed by atoms with Crippen molar-refractivity contribution in [3.05, 3.63) is 42.6 Å². The van der Waals surface area contributed by atoms with Gasteiger partial charge in [-0.1, -0.05) is 6.07 Å². The van der Waals surface area contributed by atoms with E-state index in [9.17, 15) is 4.79 Å². The summed E-state index contributed by atoms with van der Waals surface area (Å²) in [6.45, 7) is 7.38. The number of aromatic nitrogens is 2. The summed E-state index contributed by atoms with van der Waals surface area (Å²) in [4.78, 5) is 27.1.